The SMILES string of the molecule is CCC1CCC(O)(CNCc2cccc(Br)c2O)CC1. The maximum atomic E-state index is 10.6. The van der Waals surface area contributed by atoms with E-state index < -0.39 is 5.60 Å². The van der Waals surface area contributed by atoms with Gasteiger partial charge in [0.2, 0.25) is 0 Å². The molecule has 2 rings (SSSR count). The molecular formula is C16H24BrNO2. The standard InChI is InChI=1S/C16H24BrNO2/c1-2-12-6-8-16(20,9-7-12)11-18-10-13-4-3-5-14(17)15(13)19/h3-5,12,18-20H,2,6-11H2,1H3. The second-order valence-electron chi connectivity index (χ2n) is 5.93. The van der Waals surface area contributed by atoms with Crippen molar-refractivity contribution in [3.8, 4) is 5.75 Å². The third-order valence-corrected chi connectivity index (χ3v) is 5.09. The van der Waals surface area contributed by atoms with Gasteiger partial charge in [0.25, 0.3) is 0 Å². The average molecular weight is 342 g/mol. The number of nitrogens with one attached hydrogen (secondary N) is 1. The van der Waals surface area contributed by atoms with Crippen LogP contribution in [0.15, 0.2) is 22.7 Å². The Kier molecular flexibility index (Phi) is 5.47. The molecule has 0 atom stereocenters. The molecule has 1 saturated carbocycles. The van der Waals surface area contributed by atoms with E-state index in [1.54, 1.807) is 0 Å². The topological polar surface area (TPSA) is 52.5 Å². The molecule has 1 aromatic rings. The quantitative estimate of drug-likeness (QED) is 0.767. The largest absolute Gasteiger partial charge is 0.506 e. The van der Waals surface area contributed by atoms with Crippen LogP contribution in [0.3, 0.4) is 0 Å². The van der Waals surface area contributed by atoms with Crippen molar-refractivity contribution in [3.63, 3.8) is 0 Å². The summed E-state index contributed by atoms with van der Waals surface area (Å²) in [6.45, 7) is 3.39. The van der Waals surface area contributed by atoms with Crippen LogP contribution in [0.5, 0.6) is 5.75 Å². The molecule has 4 heteroatoms. The molecule has 0 amide bonds. The Morgan fingerprint density at radius 3 is 2.70 bits per heavy atom. The van der Waals surface area contributed by atoms with E-state index >= 15 is 0 Å². The molecule has 0 heterocycles. The van der Waals surface area contributed by atoms with Crippen LogP contribution in [0, 0.1) is 5.92 Å². The van der Waals surface area contributed by atoms with Crippen LogP contribution in [0.4, 0.5) is 0 Å². The van der Waals surface area contributed by atoms with Crippen molar-refractivity contribution in [2.24, 2.45) is 5.92 Å². The first-order valence-corrected chi connectivity index (χ1v) is 8.23. The number of aromatic hydroxyl groups is 1. The van der Waals surface area contributed by atoms with Gasteiger partial charge in [-0.2, -0.15) is 0 Å². The molecule has 20 heavy (non-hydrogen) atoms. The minimum atomic E-state index is -0.576. The zero-order valence-electron chi connectivity index (χ0n) is 12.0. The highest BCUT2D eigenvalue weighted by atomic mass is 79.9. The summed E-state index contributed by atoms with van der Waals surface area (Å²) in [5.41, 5.74) is 0.276. The average Bonchev–Trinajstić information content (AvgIpc) is 2.44. The minimum absolute atomic E-state index is 0.279. The zero-order valence-corrected chi connectivity index (χ0v) is 13.6. The Morgan fingerprint density at radius 2 is 2.05 bits per heavy atom. The maximum Gasteiger partial charge on any atom is 0.134 e. The molecule has 3 nitrogen and oxygen atoms in total. The Labute approximate surface area is 129 Å². The molecule has 3 N–H and O–H groups in total. The highest BCUT2D eigenvalue weighted by molar-refractivity contribution is 9.10. The van der Waals surface area contributed by atoms with Crippen molar-refractivity contribution in [1.29, 1.82) is 0 Å². The van der Waals surface area contributed by atoms with Crippen molar-refractivity contribution < 1.29 is 10.2 Å². The summed E-state index contributed by atoms with van der Waals surface area (Å²) >= 11 is 3.31. The minimum Gasteiger partial charge on any atom is -0.506 e. The van der Waals surface area contributed by atoms with Gasteiger partial charge >= 0.3 is 0 Å². The van der Waals surface area contributed by atoms with Gasteiger partial charge in [0.05, 0.1) is 10.1 Å². The second kappa shape index (κ2) is 6.92. The fourth-order valence-electron chi connectivity index (χ4n) is 2.93. The number of phenols is 1. The summed E-state index contributed by atoms with van der Waals surface area (Å²) < 4.78 is 0.707. The number of hydrogen-bond acceptors (Lipinski definition) is 3. The van der Waals surface area contributed by atoms with Crippen molar-refractivity contribution in [1.82, 2.24) is 5.32 Å². The van der Waals surface area contributed by atoms with Crippen LogP contribution < -0.4 is 5.32 Å². The summed E-state index contributed by atoms with van der Waals surface area (Å²) in [4.78, 5) is 0. The molecule has 1 fully saturated rings. The Morgan fingerprint density at radius 1 is 1.35 bits per heavy atom. The number of halogens is 1. The Bertz CT molecular complexity index is 442. The van der Waals surface area contributed by atoms with Gasteiger partial charge in [-0.1, -0.05) is 25.5 Å². The zero-order chi connectivity index (χ0) is 14.6. The van der Waals surface area contributed by atoms with Gasteiger partial charge in [0, 0.05) is 18.7 Å². The fraction of sp³-hybridized carbons (Fsp3) is 0.625. The monoisotopic (exact) mass is 341 g/mol. The smallest absolute Gasteiger partial charge is 0.134 e. The third kappa shape index (κ3) is 3.96. The van der Waals surface area contributed by atoms with Crippen LogP contribution >= 0.6 is 15.9 Å². The second-order valence-corrected chi connectivity index (χ2v) is 6.78. The summed E-state index contributed by atoms with van der Waals surface area (Å²) in [5, 5.41) is 23.8. The molecule has 1 aliphatic rings. The predicted octanol–water partition coefficient (Wildman–Crippen LogP) is 3.58. The highest BCUT2D eigenvalue weighted by Crippen LogP contribution is 2.33. The van der Waals surface area contributed by atoms with Gasteiger partial charge in [-0.05, 0) is 53.6 Å². The van der Waals surface area contributed by atoms with Gasteiger partial charge in [-0.3, -0.25) is 0 Å². The van der Waals surface area contributed by atoms with E-state index in [0.717, 1.165) is 37.2 Å². The van der Waals surface area contributed by atoms with Gasteiger partial charge in [0.15, 0.2) is 0 Å². The van der Waals surface area contributed by atoms with Crippen LogP contribution in [-0.2, 0) is 6.54 Å². The van der Waals surface area contributed by atoms with Crippen molar-refractivity contribution >= 4 is 15.9 Å². The Hall–Kier alpha value is -0.580. The van der Waals surface area contributed by atoms with E-state index in [1.165, 1.54) is 6.42 Å². The first kappa shape index (κ1) is 15.8. The van der Waals surface area contributed by atoms with Crippen LogP contribution in [0.1, 0.15) is 44.6 Å². The molecule has 1 aromatic carbocycles. The summed E-state index contributed by atoms with van der Waals surface area (Å²) in [6, 6.07) is 5.62. The number of rotatable bonds is 5. The fourth-order valence-corrected chi connectivity index (χ4v) is 3.34. The molecule has 112 valence electrons. The number of para-hydroxylation sites is 1. The van der Waals surface area contributed by atoms with Gasteiger partial charge in [-0.15, -0.1) is 0 Å². The molecule has 0 aliphatic heterocycles. The van der Waals surface area contributed by atoms with E-state index in [-0.39, 0.29) is 5.75 Å². The van der Waals surface area contributed by atoms with E-state index in [4.69, 9.17) is 0 Å². The van der Waals surface area contributed by atoms with Gasteiger partial charge < -0.3 is 15.5 Å². The predicted molar refractivity (Wildman–Crippen MR) is 84.7 cm³/mol. The van der Waals surface area contributed by atoms with Crippen molar-refractivity contribution in [3.05, 3.63) is 28.2 Å². The van der Waals surface area contributed by atoms with Crippen LogP contribution in [-0.4, -0.2) is 22.4 Å². The molecule has 0 aromatic heterocycles. The molecular weight excluding hydrogens is 318 g/mol. The lowest BCUT2D eigenvalue weighted by Gasteiger charge is -2.36. The van der Waals surface area contributed by atoms with Gasteiger partial charge in [0.1, 0.15) is 5.75 Å². The van der Waals surface area contributed by atoms with Crippen LogP contribution in [0.25, 0.3) is 0 Å². The number of phenolic OH excluding ortho intramolecular Hbond substituents is 1. The van der Waals surface area contributed by atoms with E-state index in [2.05, 4.69) is 28.2 Å². The normalized spacial score (nSPS) is 26.6. The number of aliphatic hydroxyl groups is 1. The first-order chi connectivity index (χ1) is 9.54. The maximum absolute atomic E-state index is 10.6. The Balaban J connectivity index is 1.82. The van der Waals surface area contributed by atoms with E-state index in [0.29, 0.717) is 17.6 Å². The molecule has 0 bridgehead atoms. The molecule has 0 saturated heterocycles. The van der Waals surface area contributed by atoms with E-state index in [1.807, 2.05) is 18.2 Å². The lowest BCUT2D eigenvalue weighted by Crippen LogP contribution is -2.43. The third-order valence-electron chi connectivity index (χ3n) is 4.45. The molecule has 1 aliphatic carbocycles. The summed E-state index contributed by atoms with van der Waals surface area (Å²) in [5.74, 6) is 1.06. The highest BCUT2D eigenvalue weighted by Gasteiger charge is 2.32. The summed E-state index contributed by atoms with van der Waals surface area (Å²) in [7, 11) is 0. The lowest BCUT2D eigenvalue weighted by molar-refractivity contribution is -0.00884. The molecule has 0 radical (unpaired) electrons. The first-order valence-electron chi connectivity index (χ1n) is 7.43. The lowest BCUT2D eigenvalue weighted by atomic mass is 9.78. The van der Waals surface area contributed by atoms with Gasteiger partial charge in [-0.25, -0.2) is 0 Å². The van der Waals surface area contributed by atoms with Crippen LogP contribution in [0.2, 0.25) is 0 Å². The van der Waals surface area contributed by atoms with Crippen molar-refractivity contribution in [2.45, 2.75) is 51.2 Å². The number of hydrogen-bond donors (Lipinski definition) is 3. The number of benzene rings is 1. The molecule has 0 unspecified atom stereocenters. The van der Waals surface area contributed by atoms with Crippen molar-refractivity contribution in [2.75, 3.05) is 6.54 Å². The summed E-state index contributed by atoms with van der Waals surface area (Å²) in [6.07, 6.45) is 5.22. The van der Waals surface area contributed by atoms with E-state index in [9.17, 15) is 10.2 Å². The molecule has 0 spiro atoms.